The summed E-state index contributed by atoms with van der Waals surface area (Å²) in [4.78, 5) is 24.3. The molecule has 2 N–H and O–H groups in total. The molecule has 0 aromatic carbocycles. The summed E-state index contributed by atoms with van der Waals surface area (Å²) < 4.78 is 0. The van der Waals surface area contributed by atoms with Crippen molar-refractivity contribution >= 4 is 23.8 Å². The van der Waals surface area contributed by atoms with Crippen molar-refractivity contribution in [1.29, 1.82) is 0 Å². The Balaban J connectivity index is 2.10. The van der Waals surface area contributed by atoms with Crippen LogP contribution in [0.4, 0.5) is 4.79 Å². The lowest BCUT2D eigenvalue weighted by Crippen LogP contribution is -2.42. The molecule has 0 unspecified atom stereocenters. The number of hydrogen-bond donors (Lipinski definition) is 2. The first-order chi connectivity index (χ1) is 9.65. The Hall–Kier alpha value is -0.910. The van der Waals surface area contributed by atoms with E-state index in [9.17, 15) is 9.59 Å². The molecular formula is C14H26N2O3S. The number of carboxylic acid groups (broad SMARTS) is 1. The van der Waals surface area contributed by atoms with Crippen molar-refractivity contribution in [2.24, 2.45) is 0 Å². The molecule has 0 atom stereocenters. The van der Waals surface area contributed by atoms with Crippen molar-refractivity contribution in [3.63, 3.8) is 0 Å². The average molecular weight is 302 g/mol. The van der Waals surface area contributed by atoms with Crippen molar-refractivity contribution in [2.45, 2.75) is 51.0 Å². The number of nitrogens with zero attached hydrogens (tertiary/aromatic N) is 1. The molecule has 20 heavy (non-hydrogen) atoms. The van der Waals surface area contributed by atoms with Crippen molar-refractivity contribution in [3.05, 3.63) is 0 Å². The Labute approximate surface area is 125 Å². The van der Waals surface area contributed by atoms with E-state index in [4.69, 9.17) is 5.11 Å². The first-order valence-corrected chi connectivity index (χ1v) is 8.79. The number of unbranched alkanes of at least 4 members (excludes halogenated alkanes) is 3. The Morgan fingerprint density at radius 1 is 1.25 bits per heavy atom. The van der Waals surface area contributed by atoms with Crippen LogP contribution >= 0.6 is 11.8 Å². The minimum atomic E-state index is -0.850. The van der Waals surface area contributed by atoms with E-state index in [1.165, 1.54) is 18.6 Å². The maximum Gasteiger partial charge on any atom is 0.317 e. The number of carbonyl (C=O) groups is 2. The van der Waals surface area contributed by atoms with Gasteiger partial charge in [0.2, 0.25) is 0 Å². The summed E-state index contributed by atoms with van der Waals surface area (Å²) >= 11 is 1.87. The summed E-state index contributed by atoms with van der Waals surface area (Å²) in [6.45, 7) is 1.01. The van der Waals surface area contributed by atoms with Gasteiger partial charge in [-0.25, -0.2) is 4.79 Å². The number of nitrogens with one attached hydrogen (secondary N) is 1. The molecule has 1 aliphatic rings. The summed E-state index contributed by atoms with van der Waals surface area (Å²) in [5, 5.41) is 11.6. The highest BCUT2D eigenvalue weighted by Gasteiger charge is 2.32. The number of carboxylic acids is 1. The number of hydrogen-bond acceptors (Lipinski definition) is 3. The number of aliphatic carboxylic acids is 1. The molecule has 0 aromatic heterocycles. The van der Waals surface area contributed by atoms with E-state index >= 15 is 0 Å². The molecule has 0 radical (unpaired) electrons. The van der Waals surface area contributed by atoms with Crippen LogP contribution in [-0.4, -0.2) is 53.1 Å². The topological polar surface area (TPSA) is 69.6 Å². The second-order valence-electron chi connectivity index (χ2n) is 5.21. The van der Waals surface area contributed by atoms with Crippen molar-refractivity contribution in [2.75, 3.05) is 25.1 Å². The summed E-state index contributed by atoms with van der Waals surface area (Å²) in [5.74, 6) is 0.356. The molecule has 1 rings (SSSR count). The van der Waals surface area contributed by atoms with Gasteiger partial charge in [0.25, 0.3) is 0 Å². The van der Waals surface area contributed by atoms with Crippen molar-refractivity contribution in [1.82, 2.24) is 10.2 Å². The number of amides is 2. The molecule has 5 nitrogen and oxygen atoms in total. The van der Waals surface area contributed by atoms with Gasteiger partial charge in [0, 0.05) is 19.1 Å². The van der Waals surface area contributed by atoms with E-state index < -0.39 is 5.97 Å². The molecule has 0 spiro atoms. The maximum absolute atomic E-state index is 12.0. The van der Waals surface area contributed by atoms with Crippen LogP contribution in [0.5, 0.6) is 0 Å². The second-order valence-corrected chi connectivity index (χ2v) is 6.19. The third-order valence-corrected chi connectivity index (χ3v) is 4.06. The predicted octanol–water partition coefficient (Wildman–Crippen LogP) is 2.56. The maximum atomic E-state index is 12.0. The van der Waals surface area contributed by atoms with Gasteiger partial charge in [-0.05, 0) is 37.7 Å². The molecule has 2 amide bonds. The van der Waals surface area contributed by atoms with Gasteiger partial charge in [-0.15, -0.1) is 0 Å². The summed E-state index contributed by atoms with van der Waals surface area (Å²) in [6, 6.07) is 0.161. The summed E-state index contributed by atoms with van der Waals surface area (Å²) in [5.41, 5.74) is 0. The quantitative estimate of drug-likeness (QED) is 0.576. The average Bonchev–Trinajstić information content (AvgIpc) is 3.22. The lowest BCUT2D eigenvalue weighted by Gasteiger charge is -2.22. The van der Waals surface area contributed by atoms with Gasteiger partial charge in [-0.1, -0.05) is 12.8 Å². The number of urea groups is 1. The van der Waals surface area contributed by atoms with E-state index in [1.807, 2.05) is 11.8 Å². The van der Waals surface area contributed by atoms with Crippen LogP contribution in [0.25, 0.3) is 0 Å². The summed E-state index contributed by atoms with van der Waals surface area (Å²) in [7, 11) is 0. The SMILES string of the molecule is CSCCCCCCNC(=O)N(CCC(=O)O)C1CC1. The fourth-order valence-electron chi connectivity index (χ4n) is 2.07. The predicted molar refractivity (Wildman–Crippen MR) is 82.2 cm³/mol. The van der Waals surface area contributed by atoms with Crippen molar-refractivity contribution in [3.8, 4) is 0 Å². The molecule has 6 heteroatoms. The van der Waals surface area contributed by atoms with E-state index in [0.29, 0.717) is 13.1 Å². The van der Waals surface area contributed by atoms with E-state index in [0.717, 1.165) is 25.7 Å². The molecule has 0 heterocycles. The number of carbonyl (C=O) groups excluding carboxylic acids is 1. The van der Waals surface area contributed by atoms with Crippen LogP contribution in [0, 0.1) is 0 Å². The lowest BCUT2D eigenvalue weighted by atomic mass is 10.2. The van der Waals surface area contributed by atoms with Gasteiger partial charge < -0.3 is 15.3 Å². The van der Waals surface area contributed by atoms with E-state index in [-0.39, 0.29) is 18.5 Å². The Morgan fingerprint density at radius 3 is 2.55 bits per heavy atom. The fraction of sp³-hybridized carbons (Fsp3) is 0.857. The molecule has 0 bridgehead atoms. The van der Waals surface area contributed by atoms with Gasteiger partial charge in [0.05, 0.1) is 6.42 Å². The first kappa shape index (κ1) is 17.1. The van der Waals surface area contributed by atoms with Crippen LogP contribution in [0.2, 0.25) is 0 Å². The minimum Gasteiger partial charge on any atom is -0.481 e. The van der Waals surface area contributed by atoms with Crippen LogP contribution in [0.15, 0.2) is 0 Å². The van der Waals surface area contributed by atoms with Crippen LogP contribution in [0.3, 0.4) is 0 Å². The molecule has 0 saturated heterocycles. The van der Waals surface area contributed by atoms with Crippen LogP contribution < -0.4 is 5.32 Å². The number of rotatable bonds is 11. The van der Waals surface area contributed by atoms with Gasteiger partial charge >= 0.3 is 12.0 Å². The highest BCUT2D eigenvalue weighted by molar-refractivity contribution is 7.98. The smallest absolute Gasteiger partial charge is 0.317 e. The van der Waals surface area contributed by atoms with Gasteiger partial charge in [-0.3, -0.25) is 4.79 Å². The number of thioether (sulfide) groups is 1. The second kappa shape index (κ2) is 9.91. The lowest BCUT2D eigenvalue weighted by molar-refractivity contribution is -0.137. The normalized spacial score (nSPS) is 14.1. The monoisotopic (exact) mass is 302 g/mol. The fourth-order valence-corrected chi connectivity index (χ4v) is 2.57. The molecular weight excluding hydrogens is 276 g/mol. The molecule has 1 fully saturated rings. The van der Waals surface area contributed by atoms with Gasteiger partial charge in [0.15, 0.2) is 0 Å². The standard InChI is InChI=1S/C14H26N2O3S/c1-20-11-5-3-2-4-9-15-14(19)16(12-6-7-12)10-8-13(17)18/h12H,2-11H2,1H3,(H,15,19)(H,17,18). The molecule has 1 saturated carbocycles. The Morgan fingerprint density at radius 2 is 1.95 bits per heavy atom. The third kappa shape index (κ3) is 7.62. The first-order valence-electron chi connectivity index (χ1n) is 7.40. The van der Waals surface area contributed by atoms with Crippen molar-refractivity contribution < 1.29 is 14.7 Å². The molecule has 0 aromatic rings. The zero-order valence-corrected chi connectivity index (χ0v) is 13.1. The van der Waals surface area contributed by atoms with Gasteiger partial charge in [-0.2, -0.15) is 11.8 Å². The van der Waals surface area contributed by atoms with Crippen LogP contribution in [0.1, 0.15) is 44.9 Å². The largest absolute Gasteiger partial charge is 0.481 e. The molecule has 116 valence electrons. The van der Waals surface area contributed by atoms with E-state index in [1.54, 1.807) is 4.90 Å². The third-order valence-electron chi connectivity index (χ3n) is 3.37. The van der Waals surface area contributed by atoms with E-state index in [2.05, 4.69) is 11.6 Å². The summed E-state index contributed by atoms with van der Waals surface area (Å²) in [6.07, 6.45) is 8.73. The van der Waals surface area contributed by atoms with Crippen LogP contribution in [-0.2, 0) is 4.79 Å². The zero-order chi connectivity index (χ0) is 14.8. The minimum absolute atomic E-state index is 0.0264. The van der Waals surface area contributed by atoms with Gasteiger partial charge in [0.1, 0.15) is 0 Å². The molecule has 0 aliphatic heterocycles. The molecule has 1 aliphatic carbocycles. The highest BCUT2D eigenvalue weighted by atomic mass is 32.2. The Bertz CT molecular complexity index is 309. The zero-order valence-electron chi connectivity index (χ0n) is 12.3. The highest BCUT2D eigenvalue weighted by Crippen LogP contribution is 2.26. The Kier molecular flexibility index (Phi) is 8.49.